The number of hydrogen-bond acceptors (Lipinski definition) is 6. The molecule has 0 atom stereocenters. The van der Waals surface area contributed by atoms with Gasteiger partial charge in [0.15, 0.2) is 11.5 Å². The van der Waals surface area contributed by atoms with Crippen LogP contribution in [0, 0.1) is 0 Å². The first-order chi connectivity index (χ1) is 14.0. The minimum atomic E-state index is -0.412. The van der Waals surface area contributed by atoms with E-state index in [9.17, 15) is 4.79 Å². The van der Waals surface area contributed by atoms with Crippen LogP contribution in [0.4, 0.5) is 11.4 Å². The van der Waals surface area contributed by atoms with Gasteiger partial charge in [-0.05, 0) is 49.2 Å². The maximum absolute atomic E-state index is 12.0. The van der Waals surface area contributed by atoms with Crippen molar-refractivity contribution in [3.63, 3.8) is 0 Å². The summed E-state index contributed by atoms with van der Waals surface area (Å²) in [5.41, 5.74) is 8.55. The number of nitrogens with zero attached hydrogens (tertiary/aromatic N) is 1. The van der Waals surface area contributed by atoms with Crippen LogP contribution in [0.5, 0.6) is 11.5 Å². The second kappa shape index (κ2) is 11.2. The second-order valence-corrected chi connectivity index (χ2v) is 6.32. The number of carbonyl (C=O) groups excluding carboxylic acids is 1. The van der Waals surface area contributed by atoms with E-state index in [0.29, 0.717) is 35.9 Å². The molecule has 8 heteroatoms. The smallest absolute Gasteiger partial charge is 0.338 e. The molecule has 2 rings (SSSR count). The van der Waals surface area contributed by atoms with E-state index in [0.717, 1.165) is 17.7 Å². The SMILES string of the molecule is CCOC(=O)c1ccc(NCCc2ccc(OC)c(OC)c2)c(N=C(N)CCl)c1. The average Bonchev–Trinajstić information content (AvgIpc) is 2.74. The largest absolute Gasteiger partial charge is 0.493 e. The molecule has 0 amide bonds. The highest BCUT2D eigenvalue weighted by Gasteiger charge is 2.11. The van der Waals surface area contributed by atoms with Gasteiger partial charge in [-0.15, -0.1) is 11.6 Å². The molecule has 0 radical (unpaired) electrons. The molecule has 0 unspecified atom stereocenters. The van der Waals surface area contributed by atoms with Crippen molar-refractivity contribution >= 4 is 34.8 Å². The maximum Gasteiger partial charge on any atom is 0.338 e. The summed E-state index contributed by atoms with van der Waals surface area (Å²) in [5.74, 6) is 1.31. The van der Waals surface area contributed by atoms with Gasteiger partial charge in [-0.1, -0.05) is 6.07 Å². The summed E-state index contributed by atoms with van der Waals surface area (Å²) in [5, 5.41) is 3.33. The first-order valence-corrected chi connectivity index (χ1v) is 9.70. The molecular formula is C21H26ClN3O4. The van der Waals surface area contributed by atoms with Crippen molar-refractivity contribution in [2.45, 2.75) is 13.3 Å². The third kappa shape index (κ3) is 6.29. The van der Waals surface area contributed by atoms with Gasteiger partial charge in [-0.25, -0.2) is 9.79 Å². The summed E-state index contributed by atoms with van der Waals surface area (Å²) >= 11 is 5.75. The number of rotatable bonds is 10. The summed E-state index contributed by atoms with van der Waals surface area (Å²) in [4.78, 5) is 16.3. The molecule has 0 aromatic heterocycles. The fraction of sp³-hybridized carbons (Fsp3) is 0.333. The van der Waals surface area contributed by atoms with Crippen molar-refractivity contribution in [2.75, 3.05) is 38.6 Å². The number of halogens is 1. The van der Waals surface area contributed by atoms with E-state index in [2.05, 4.69) is 10.3 Å². The Bertz CT molecular complexity index is 871. The van der Waals surface area contributed by atoms with Crippen molar-refractivity contribution < 1.29 is 19.0 Å². The Kier molecular flexibility index (Phi) is 8.61. The molecule has 0 heterocycles. The predicted molar refractivity (Wildman–Crippen MR) is 116 cm³/mol. The molecule has 29 heavy (non-hydrogen) atoms. The van der Waals surface area contributed by atoms with Gasteiger partial charge in [-0.3, -0.25) is 0 Å². The Morgan fingerprint density at radius 2 is 1.90 bits per heavy atom. The third-order valence-corrected chi connectivity index (χ3v) is 4.36. The molecule has 0 aliphatic carbocycles. The number of ether oxygens (including phenoxy) is 3. The summed E-state index contributed by atoms with van der Waals surface area (Å²) in [7, 11) is 3.21. The molecule has 2 aromatic carbocycles. The molecular weight excluding hydrogens is 394 g/mol. The number of esters is 1. The minimum absolute atomic E-state index is 0.0920. The Labute approximate surface area is 175 Å². The summed E-state index contributed by atoms with van der Waals surface area (Å²) < 4.78 is 15.6. The molecule has 0 fully saturated rings. The Hall–Kier alpha value is -2.93. The normalized spacial score (nSPS) is 11.1. The van der Waals surface area contributed by atoms with E-state index in [-0.39, 0.29) is 11.7 Å². The van der Waals surface area contributed by atoms with Gasteiger partial charge in [0.05, 0.1) is 43.6 Å². The van der Waals surface area contributed by atoms with Gasteiger partial charge in [-0.2, -0.15) is 0 Å². The molecule has 156 valence electrons. The van der Waals surface area contributed by atoms with Gasteiger partial charge >= 0.3 is 5.97 Å². The average molecular weight is 420 g/mol. The Balaban J connectivity index is 2.15. The van der Waals surface area contributed by atoms with Crippen molar-refractivity contribution in [1.82, 2.24) is 0 Å². The van der Waals surface area contributed by atoms with E-state index in [1.54, 1.807) is 39.3 Å². The number of hydrogen-bond donors (Lipinski definition) is 2. The highest BCUT2D eigenvalue weighted by Crippen LogP contribution is 2.29. The number of nitrogens with one attached hydrogen (secondary N) is 1. The fourth-order valence-corrected chi connectivity index (χ4v) is 2.74. The van der Waals surface area contributed by atoms with Crippen LogP contribution in [-0.2, 0) is 11.2 Å². The quantitative estimate of drug-likeness (QED) is 0.263. The van der Waals surface area contributed by atoms with Crippen LogP contribution in [-0.4, -0.2) is 45.1 Å². The minimum Gasteiger partial charge on any atom is -0.493 e. The Morgan fingerprint density at radius 3 is 2.55 bits per heavy atom. The van der Waals surface area contributed by atoms with Crippen LogP contribution in [0.2, 0.25) is 0 Å². The highest BCUT2D eigenvalue weighted by molar-refractivity contribution is 6.28. The van der Waals surface area contributed by atoms with Crippen LogP contribution >= 0.6 is 11.6 Å². The van der Waals surface area contributed by atoms with Crippen molar-refractivity contribution in [3.05, 3.63) is 47.5 Å². The number of nitrogens with two attached hydrogens (primary N) is 1. The van der Waals surface area contributed by atoms with E-state index in [1.807, 2.05) is 18.2 Å². The lowest BCUT2D eigenvalue weighted by molar-refractivity contribution is 0.0526. The molecule has 0 saturated carbocycles. The topological polar surface area (TPSA) is 95.2 Å². The molecule has 0 bridgehead atoms. The van der Waals surface area contributed by atoms with Crippen LogP contribution in [0.15, 0.2) is 41.4 Å². The number of aliphatic imine (C=N–C) groups is 1. The summed E-state index contributed by atoms with van der Waals surface area (Å²) in [6.07, 6.45) is 0.744. The first-order valence-electron chi connectivity index (χ1n) is 9.17. The van der Waals surface area contributed by atoms with Gasteiger partial charge in [0.2, 0.25) is 0 Å². The molecule has 0 aliphatic heterocycles. The number of anilines is 1. The standard InChI is InChI=1S/C21H26ClN3O4/c1-4-29-21(26)15-6-7-16(17(12-15)25-20(23)13-22)24-10-9-14-5-8-18(27-2)19(11-14)28-3/h5-8,11-12,24H,4,9-10,13H2,1-3H3,(H2,23,25). The lowest BCUT2D eigenvalue weighted by Crippen LogP contribution is -2.13. The summed E-state index contributed by atoms with van der Waals surface area (Å²) in [6, 6.07) is 10.9. The zero-order chi connectivity index (χ0) is 21.2. The Morgan fingerprint density at radius 1 is 1.14 bits per heavy atom. The lowest BCUT2D eigenvalue weighted by Gasteiger charge is -2.13. The number of benzene rings is 2. The summed E-state index contributed by atoms with van der Waals surface area (Å²) in [6.45, 7) is 2.69. The fourth-order valence-electron chi connectivity index (χ4n) is 2.68. The maximum atomic E-state index is 12.0. The monoisotopic (exact) mass is 419 g/mol. The van der Waals surface area contributed by atoms with E-state index in [1.165, 1.54) is 0 Å². The second-order valence-electron chi connectivity index (χ2n) is 6.06. The van der Waals surface area contributed by atoms with Gasteiger partial charge in [0.1, 0.15) is 5.84 Å². The molecule has 0 aliphatic rings. The predicted octanol–water partition coefficient (Wildman–Crippen LogP) is 3.76. The highest BCUT2D eigenvalue weighted by atomic mass is 35.5. The number of carbonyl (C=O) groups is 1. The van der Waals surface area contributed by atoms with Gasteiger partial charge in [0, 0.05) is 6.54 Å². The lowest BCUT2D eigenvalue weighted by atomic mass is 10.1. The van der Waals surface area contributed by atoms with Gasteiger partial charge < -0.3 is 25.3 Å². The molecule has 2 aromatic rings. The number of alkyl halides is 1. The van der Waals surface area contributed by atoms with Crippen LogP contribution in [0.1, 0.15) is 22.8 Å². The van der Waals surface area contributed by atoms with E-state index >= 15 is 0 Å². The molecule has 0 saturated heterocycles. The van der Waals surface area contributed by atoms with Crippen molar-refractivity contribution in [2.24, 2.45) is 10.7 Å². The van der Waals surface area contributed by atoms with Crippen LogP contribution < -0.4 is 20.5 Å². The molecule has 3 N–H and O–H groups in total. The van der Waals surface area contributed by atoms with Crippen molar-refractivity contribution in [1.29, 1.82) is 0 Å². The van der Waals surface area contributed by atoms with Gasteiger partial charge in [0.25, 0.3) is 0 Å². The van der Waals surface area contributed by atoms with E-state index in [4.69, 9.17) is 31.5 Å². The molecule has 7 nitrogen and oxygen atoms in total. The zero-order valence-corrected chi connectivity index (χ0v) is 17.6. The van der Waals surface area contributed by atoms with Crippen LogP contribution in [0.3, 0.4) is 0 Å². The first kappa shape index (κ1) is 22.4. The number of methoxy groups -OCH3 is 2. The van der Waals surface area contributed by atoms with Crippen LogP contribution in [0.25, 0.3) is 0 Å². The number of amidine groups is 1. The third-order valence-electron chi connectivity index (χ3n) is 4.09. The van der Waals surface area contributed by atoms with E-state index < -0.39 is 5.97 Å². The van der Waals surface area contributed by atoms with Crippen molar-refractivity contribution in [3.8, 4) is 11.5 Å². The zero-order valence-electron chi connectivity index (χ0n) is 16.8. The molecule has 0 spiro atoms.